The van der Waals surface area contributed by atoms with Gasteiger partial charge in [-0.1, -0.05) is 67.4 Å². The third-order valence-corrected chi connectivity index (χ3v) is 7.37. The zero-order valence-electron chi connectivity index (χ0n) is 20.4. The third-order valence-electron chi connectivity index (χ3n) is 5.80. The zero-order chi connectivity index (χ0) is 26.2. The van der Waals surface area contributed by atoms with Gasteiger partial charge in [0.15, 0.2) is 5.13 Å². The number of nitrogens with zero attached hydrogens (tertiary/aromatic N) is 1. The molecule has 1 aromatic heterocycles. The number of para-hydroxylation sites is 1. The van der Waals surface area contributed by atoms with Crippen molar-refractivity contribution >= 4 is 57.6 Å². The number of carbonyl (C=O) groups excluding carboxylic acids is 1. The SMILES string of the molecule is CC(=Cc1c(Cl)cc(C(=O)Nc2nc3c(s2)COc2c(CCC(C)(C)C)cccc2-3)cc1Cl)C(=O)O. The van der Waals surface area contributed by atoms with E-state index in [1.54, 1.807) is 0 Å². The van der Waals surface area contributed by atoms with Crippen molar-refractivity contribution in [2.24, 2.45) is 5.41 Å². The summed E-state index contributed by atoms with van der Waals surface area (Å²) in [6.07, 6.45) is 3.32. The molecular formula is C27H26Cl2N2O4S. The van der Waals surface area contributed by atoms with Crippen molar-refractivity contribution in [2.75, 3.05) is 5.32 Å². The van der Waals surface area contributed by atoms with Crippen LogP contribution in [0.2, 0.25) is 10.0 Å². The summed E-state index contributed by atoms with van der Waals surface area (Å²) in [4.78, 5) is 29.7. The predicted octanol–water partition coefficient (Wildman–Crippen LogP) is 7.73. The molecule has 0 unspecified atom stereocenters. The normalized spacial score (nSPS) is 13.0. The van der Waals surface area contributed by atoms with Gasteiger partial charge in [0.25, 0.3) is 5.91 Å². The van der Waals surface area contributed by atoms with E-state index in [2.05, 4.69) is 32.2 Å². The van der Waals surface area contributed by atoms with Gasteiger partial charge in [0.05, 0.1) is 20.6 Å². The number of benzene rings is 2. The Hall–Kier alpha value is -2.87. The molecule has 188 valence electrons. The summed E-state index contributed by atoms with van der Waals surface area (Å²) in [5.74, 6) is -0.643. The zero-order valence-corrected chi connectivity index (χ0v) is 22.7. The number of rotatable bonds is 6. The van der Waals surface area contributed by atoms with Gasteiger partial charge < -0.3 is 9.84 Å². The Morgan fingerprint density at radius 3 is 2.56 bits per heavy atom. The minimum atomic E-state index is -1.08. The maximum absolute atomic E-state index is 12.9. The summed E-state index contributed by atoms with van der Waals surface area (Å²) in [5.41, 5.74) is 3.78. The van der Waals surface area contributed by atoms with E-state index in [1.807, 2.05) is 12.1 Å². The molecule has 2 heterocycles. The van der Waals surface area contributed by atoms with E-state index in [9.17, 15) is 9.59 Å². The predicted molar refractivity (Wildman–Crippen MR) is 145 cm³/mol. The van der Waals surface area contributed by atoms with Gasteiger partial charge in [-0.3, -0.25) is 10.1 Å². The van der Waals surface area contributed by atoms with Crippen LogP contribution >= 0.6 is 34.5 Å². The maximum atomic E-state index is 12.9. The molecular weight excluding hydrogens is 519 g/mol. The average molecular weight is 545 g/mol. The minimum Gasteiger partial charge on any atom is -0.487 e. The monoisotopic (exact) mass is 544 g/mol. The number of amides is 1. The van der Waals surface area contributed by atoms with Crippen LogP contribution in [0.1, 0.15) is 60.5 Å². The number of carbonyl (C=O) groups is 2. The van der Waals surface area contributed by atoms with Crippen molar-refractivity contribution in [3.8, 4) is 17.0 Å². The van der Waals surface area contributed by atoms with E-state index in [4.69, 9.17) is 38.0 Å². The first kappa shape index (κ1) is 26.2. The van der Waals surface area contributed by atoms with Gasteiger partial charge >= 0.3 is 5.97 Å². The lowest BCUT2D eigenvalue weighted by Crippen LogP contribution is -2.12. The van der Waals surface area contributed by atoms with E-state index >= 15 is 0 Å². The first-order valence-electron chi connectivity index (χ1n) is 11.4. The second-order valence-corrected chi connectivity index (χ2v) is 11.8. The Balaban J connectivity index is 1.57. The molecule has 0 aliphatic carbocycles. The number of hydrogen-bond donors (Lipinski definition) is 2. The molecule has 0 radical (unpaired) electrons. The number of nitrogens with one attached hydrogen (secondary N) is 1. The molecule has 9 heteroatoms. The molecule has 6 nitrogen and oxygen atoms in total. The Morgan fingerprint density at radius 1 is 1.22 bits per heavy atom. The molecule has 36 heavy (non-hydrogen) atoms. The van der Waals surface area contributed by atoms with Crippen LogP contribution in [0.3, 0.4) is 0 Å². The number of carboxylic acids is 1. The molecule has 0 atom stereocenters. The second kappa shape index (κ2) is 10.2. The second-order valence-electron chi connectivity index (χ2n) is 9.87. The largest absolute Gasteiger partial charge is 0.487 e. The lowest BCUT2D eigenvalue weighted by Gasteiger charge is -2.22. The van der Waals surface area contributed by atoms with Gasteiger partial charge in [-0.25, -0.2) is 9.78 Å². The topological polar surface area (TPSA) is 88.5 Å². The molecule has 1 aliphatic rings. The van der Waals surface area contributed by atoms with E-state index in [1.165, 1.54) is 36.5 Å². The fourth-order valence-electron chi connectivity index (χ4n) is 3.80. The van der Waals surface area contributed by atoms with Crippen LogP contribution in [-0.4, -0.2) is 22.0 Å². The first-order valence-corrected chi connectivity index (χ1v) is 13.0. The molecule has 1 aliphatic heterocycles. The van der Waals surface area contributed by atoms with Gasteiger partial charge in [0.2, 0.25) is 0 Å². The molecule has 4 rings (SSSR count). The number of anilines is 1. The molecule has 1 amide bonds. The molecule has 0 bridgehead atoms. The van der Waals surface area contributed by atoms with Crippen molar-refractivity contribution in [3.05, 3.63) is 67.5 Å². The maximum Gasteiger partial charge on any atom is 0.331 e. The van der Waals surface area contributed by atoms with E-state index in [-0.39, 0.29) is 26.6 Å². The standard InChI is InChI=1S/C27H26Cl2N2O4S/c1-14(25(33)34)10-18-19(28)11-16(12-20(18)29)24(32)31-26-30-22-17-7-5-6-15(8-9-27(2,3)4)23(17)35-13-21(22)36-26/h5-7,10-12H,8-9,13H2,1-4H3,(H,33,34)(H,30,31,32). The van der Waals surface area contributed by atoms with Crippen LogP contribution in [-0.2, 0) is 17.8 Å². The van der Waals surface area contributed by atoms with E-state index < -0.39 is 11.9 Å². The van der Waals surface area contributed by atoms with Gasteiger partial charge in [-0.05, 0) is 55.0 Å². The highest BCUT2D eigenvalue weighted by molar-refractivity contribution is 7.16. The molecule has 2 N–H and O–H groups in total. The first-order chi connectivity index (χ1) is 16.9. The van der Waals surface area contributed by atoms with Crippen LogP contribution < -0.4 is 10.1 Å². The smallest absolute Gasteiger partial charge is 0.331 e. The average Bonchev–Trinajstić information content (AvgIpc) is 3.22. The molecule has 0 saturated carbocycles. The molecule has 0 saturated heterocycles. The number of hydrogen-bond acceptors (Lipinski definition) is 5. The van der Waals surface area contributed by atoms with Crippen molar-refractivity contribution in [1.82, 2.24) is 4.98 Å². The van der Waals surface area contributed by atoms with Crippen molar-refractivity contribution < 1.29 is 19.4 Å². The highest BCUT2D eigenvalue weighted by Gasteiger charge is 2.25. The highest BCUT2D eigenvalue weighted by atomic mass is 35.5. The molecule has 2 aromatic carbocycles. The fourth-order valence-corrected chi connectivity index (χ4v) is 5.28. The van der Waals surface area contributed by atoms with Crippen LogP contribution in [0.15, 0.2) is 35.9 Å². The Labute approximate surface area is 223 Å². The van der Waals surface area contributed by atoms with Crippen molar-refractivity contribution in [2.45, 2.75) is 47.1 Å². The highest BCUT2D eigenvalue weighted by Crippen LogP contribution is 2.43. The number of fused-ring (bicyclic) bond motifs is 3. The van der Waals surface area contributed by atoms with Crippen molar-refractivity contribution in [1.29, 1.82) is 0 Å². The Bertz CT molecular complexity index is 1370. The quantitative estimate of drug-likeness (QED) is 0.310. The van der Waals surface area contributed by atoms with Gasteiger partial charge in [-0.15, -0.1) is 0 Å². The summed E-state index contributed by atoms with van der Waals surface area (Å²) >= 11 is 14.0. The molecule has 0 spiro atoms. The lowest BCUT2D eigenvalue weighted by molar-refractivity contribution is -0.132. The lowest BCUT2D eigenvalue weighted by atomic mass is 9.88. The van der Waals surface area contributed by atoms with Crippen LogP contribution in [0, 0.1) is 5.41 Å². The van der Waals surface area contributed by atoms with Crippen LogP contribution in [0.5, 0.6) is 5.75 Å². The summed E-state index contributed by atoms with van der Waals surface area (Å²) in [6, 6.07) is 9.01. The number of aryl methyl sites for hydroxylation is 1. The summed E-state index contributed by atoms with van der Waals surface area (Å²) in [5, 5.41) is 12.7. The van der Waals surface area contributed by atoms with Crippen LogP contribution in [0.25, 0.3) is 17.3 Å². The number of halogens is 2. The summed E-state index contributed by atoms with van der Waals surface area (Å²) < 4.78 is 6.12. The number of aromatic nitrogens is 1. The Morgan fingerprint density at radius 2 is 1.92 bits per heavy atom. The number of ether oxygens (including phenoxy) is 1. The van der Waals surface area contributed by atoms with Crippen molar-refractivity contribution in [3.63, 3.8) is 0 Å². The molecule has 0 fully saturated rings. The van der Waals surface area contributed by atoms with Gasteiger partial charge in [0, 0.05) is 22.3 Å². The number of aliphatic carboxylic acids is 1. The number of carboxylic acid groups (broad SMARTS) is 1. The number of thiazole rings is 1. The van der Waals surface area contributed by atoms with Gasteiger partial charge in [0.1, 0.15) is 12.4 Å². The molecule has 3 aromatic rings. The van der Waals surface area contributed by atoms with Crippen LogP contribution in [0.4, 0.5) is 5.13 Å². The van der Waals surface area contributed by atoms with E-state index in [0.29, 0.717) is 17.3 Å². The Kier molecular flexibility index (Phi) is 7.46. The third kappa shape index (κ3) is 5.75. The fraction of sp³-hybridized carbons (Fsp3) is 0.296. The van der Waals surface area contributed by atoms with E-state index in [0.717, 1.165) is 40.3 Å². The minimum absolute atomic E-state index is 0.0773. The van der Waals surface area contributed by atoms with Gasteiger partial charge in [-0.2, -0.15) is 0 Å². The summed E-state index contributed by atoms with van der Waals surface area (Å²) in [6.45, 7) is 8.49. The summed E-state index contributed by atoms with van der Waals surface area (Å²) in [7, 11) is 0.